The van der Waals surface area contributed by atoms with Gasteiger partial charge in [-0.1, -0.05) is 5.16 Å². The number of nitrogens with one attached hydrogen (secondary N) is 2. The molecule has 3 rings (SSSR count). The lowest BCUT2D eigenvalue weighted by molar-refractivity contribution is 0.0512. The number of esters is 1. The molecule has 25 heavy (non-hydrogen) atoms. The molecule has 0 aliphatic carbocycles. The molecule has 0 radical (unpaired) electrons. The largest absolute Gasteiger partial charge is 0.460 e. The topological polar surface area (TPSA) is 136 Å². The Kier molecular flexibility index (Phi) is 4.42. The first-order valence-corrected chi connectivity index (χ1v) is 7.59. The Morgan fingerprint density at radius 3 is 2.88 bits per heavy atom. The van der Waals surface area contributed by atoms with Gasteiger partial charge in [-0.15, -0.1) is 5.10 Å². The van der Waals surface area contributed by atoms with E-state index < -0.39 is 5.97 Å². The number of carbonyl (C=O) groups is 2. The second-order valence-corrected chi connectivity index (χ2v) is 5.27. The van der Waals surface area contributed by atoms with Crippen molar-refractivity contribution in [2.45, 2.75) is 27.3 Å². The number of rotatable bonds is 5. The molecular formula is C15H16N6O4. The van der Waals surface area contributed by atoms with Crippen molar-refractivity contribution in [1.29, 1.82) is 0 Å². The fourth-order valence-corrected chi connectivity index (χ4v) is 2.32. The molecule has 0 saturated carbocycles. The van der Waals surface area contributed by atoms with Gasteiger partial charge in [-0.05, 0) is 26.8 Å². The molecule has 0 saturated heterocycles. The second-order valence-electron chi connectivity index (χ2n) is 5.27. The lowest BCUT2D eigenvalue weighted by atomic mass is 10.1. The molecule has 0 bridgehead atoms. The van der Waals surface area contributed by atoms with Crippen LogP contribution in [0.25, 0.3) is 11.1 Å². The van der Waals surface area contributed by atoms with Crippen LogP contribution in [-0.2, 0) is 11.3 Å². The molecule has 0 unspecified atom stereocenters. The lowest BCUT2D eigenvalue weighted by Crippen LogP contribution is -2.24. The number of ether oxygens (including phenoxy) is 1. The predicted molar refractivity (Wildman–Crippen MR) is 84.8 cm³/mol. The number of hydrogen-bond donors (Lipinski definition) is 2. The van der Waals surface area contributed by atoms with E-state index in [0.717, 1.165) is 0 Å². The molecule has 0 aromatic carbocycles. The Morgan fingerprint density at radius 1 is 1.32 bits per heavy atom. The third-order valence-corrected chi connectivity index (χ3v) is 3.40. The zero-order chi connectivity index (χ0) is 18.0. The van der Waals surface area contributed by atoms with Gasteiger partial charge in [0.25, 0.3) is 17.4 Å². The fraction of sp³-hybridized carbons (Fsp3) is 0.333. The van der Waals surface area contributed by atoms with Crippen LogP contribution in [0, 0.1) is 13.8 Å². The maximum atomic E-state index is 12.5. The Labute approximate surface area is 142 Å². The average Bonchev–Trinajstić information content (AvgIpc) is 3.19. The smallest absolute Gasteiger partial charge is 0.378 e. The summed E-state index contributed by atoms with van der Waals surface area (Å²) >= 11 is 0. The molecule has 2 N–H and O–H groups in total. The normalized spacial score (nSPS) is 10.8. The van der Waals surface area contributed by atoms with Crippen molar-refractivity contribution in [3.63, 3.8) is 0 Å². The summed E-state index contributed by atoms with van der Waals surface area (Å²) < 4.78 is 9.92. The summed E-state index contributed by atoms with van der Waals surface area (Å²) in [6.07, 6.45) is 0. The summed E-state index contributed by atoms with van der Waals surface area (Å²) in [6, 6.07) is 1.66. The standard InChI is InChI=1S/C15H16N6O4/c1-4-24-15(23)12-18-10(19-20-12)6-16-13(22)9-5-7(2)17-14-11(9)8(3)21-25-14/h5H,4,6H2,1-3H3,(H,16,22)(H,18,19,20). The van der Waals surface area contributed by atoms with E-state index in [1.54, 1.807) is 26.8 Å². The third-order valence-electron chi connectivity index (χ3n) is 3.40. The molecule has 3 heterocycles. The first-order chi connectivity index (χ1) is 12.0. The molecule has 10 heteroatoms. The highest BCUT2D eigenvalue weighted by molar-refractivity contribution is 6.05. The maximum Gasteiger partial charge on any atom is 0.378 e. The van der Waals surface area contributed by atoms with Crippen LogP contribution in [0.5, 0.6) is 0 Å². The van der Waals surface area contributed by atoms with Crippen LogP contribution in [0.3, 0.4) is 0 Å². The molecule has 1 amide bonds. The third kappa shape index (κ3) is 3.32. The minimum Gasteiger partial charge on any atom is -0.460 e. The Morgan fingerprint density at radius 2 is 2.12 bits per heavy atom. The highest BCUT2D eigenvalue weighted by Gasteiger charge is 2.18. The maximum absolute atomic E-state index is 12.5. The Hall–Kier alpha value is -3.30. The van der Waals surface area contributed by atoms with Gasteiger partial charge in [0.05, 0.1) is 29.8 Å². The van der Waals surface area contributed by atoms with Crippen molar-refractivity contribution in [2.24, 2.45) is 0 Å². The molecule has 0 fully saturated rings. The second kappa shape index (κ2) is 6.67. The van der Waals surface area contributed by atoms with E-state index in [-0.39, 0.29) is 24.9 Å². The summed E-state index contributed by atoms with van der Waals surface area (Å²) in [4.78, 5) is 32.2. The molecule has 0 aliphatic heterocycles. The number of aromatic amines is 1. The van der Waals surface area contributed by atoms with Gasteiger partial charge in [0, 0.05) is 5.69 Å². The molecular weight excluding hydrogens is 328 g/mol. The monoisotopic (exact) mass is 344 g/mol. The first-order valence-electron chi connectivity index (χ1n) is 7.59. The summed E-state index contributed by atoms with van der Waals surface area (Å²) in [6.45, 7) is 5.49. The summed E-state index contributed by atoms with van der Waals surface area (Å²) in [5.41, 5.74) is 1.94. The minimum atomic E-state index is -0.622. The molecule has 10 nitrogen and oxygen atoms in total. The van der Waals surface area contributed by atoms with Crippen molar-refractivity contribution in [3.05, 3.63) is 34.7 Å². The van der Waals surface area contributed by atoms with Gasteiger partial charge in [-0.3, -0.25) is 9.89 Å². The van der Waals surface area contributed by atoms with Crippen molar-refractivity contribution >= 4 is 23.0 Å². The highest BCUT2D eigenvalue weighted by atomic mass is 16.5. The predicted octanol–water partition coefficient (Wildman–Crippen LogP) is 1.06. The van der Waals surface area contributed by atoms with Crippen LogP contribution in [0.15, 0.2) is 10.6 Å². The molecule has 3 aromatic rings. The van der Waals surface area contributed by atoms with Crippen molar-refractivity contribution in [3.8, 4) is 0 Å². The van der Waals surface area contributed by atoms with E-state index in [1.807, 2.05) is 0 Å². The van der Waals surface area contributed by atoms with Crippen LogP contribution >= 0.6 is 0 Å². The van der Waals surface area contributed by atoms with Crippen LogP contribution in [-0.4, -0.2) is 43.8 Å². The number of H-pyrrole nitrogens is 1. The van der Waals surface area contributed by atoms with E-state index in [9.17, 15) is 9.59 Å². The number of aromatic nitrogens is 5. The number of carbonyl (C=O) groups excluding carboxylic acids is 2. The van der Waals surface area contributed by atoms with E-state index in [2.05, 4.69) is 30.6 Å². The quantitative estimate of drug-likeness (QED) is 0.656. The van der Waals surface area contributed by atoms with E-state index in [4.69, 9.17) is 9.26 Å². The fourth-order valence-electron chi connectivity index (χ4n) is 2.32. The Bertz CT molecular complexity index is 945. The number of amides is 1. The molecule has 130 valence electrons. The van der Waals surface area contributed by atoms with E-state index >= 15 is 0 Å². The van der Waals surface area contributed by atoms with Gasteiger partial charge in [0.15, 0.2) is 0 Å². The van der Waals surface area contributed by atoms with Gasteiger partial charge in [0.1, 0.15) is 5.82 Å². The highest BCUT2D eigenvalue weighted by Crippen LogP contribution is 2.21. The number of fused-ring (bicyclic) bond motifs is 1. The van der Waals surface area contributed by atoms with Crippen molar-refractivity contribution in [2.75, 3.05) is 6.61 Å². The van der Waals surface area contributed by atoms with Gasteiger partial charge >= 0.3 is 5.97 Å². The number of pyridine rings is 1. The van der Waals surface area contributed by atoms with E-state index in [1.165, 1.54) is 0 Å². The van der Waals surface area contributed by atoms with Crippen LogP contribution in [0.4, 0.5) is 0 Å². The van der Waals surface area contributed by atoms with Crippen LogP contribution < -0.4 is 5.32 Å². The van der Waals surface area contributed by atoms with Crippen molar-refractivity contribution < 1.29 is 18.8 Å². The summed E-state index contributed by atoms with van der Waals surface area (Å²) in [5.74, 6) is -0.706. The average molecular weight is 344 g/mol. The van der Waals surface area contributed by atoms with Crippen LogP contribution in [0.2, 0.25) is 0 Å². The first kappa shape index (κ1) is 16.6. The van der Waals surface area contributed by atoms with Gasteiger partial charge in [-0.25, -0.2) is 14.8 Å². The van der Waals surface area contributed by atoms with Crippen molar-refractivity contribution in [1.82, 2.24) is 30.6 Å². The molecule has 0 spiro atoms. The summed E-state index contributed by atoms with van der Waals surface area (Å²) in [7, 11) is 0. The van der Waals surface area contributed by atoms with Gasteiger partial charge in [-0.2, -0.15) is 0 Å². The molecule has 0 aliphatic rings. The van der Waals surface area contributed by atoms with E-state index in [0.29, 0.717) is 33.9 Å². The zero-order valence-electron chi connectivity index (χ0n) is 13.9. The van der Waals surface area contributed by atoms with Gasteiger partial charge < -0.3 is 14.6 Å². The number of aryl methyl sites for hydroxylation is 2. The number of nitrogens with zero attached hydrogens (tertiary/aromatic N) is 4. The SMILES string of the molecule is CCOC(=O)c1n[nH]c(CNC(=O)c2cc(C)nc3onc(C)c23)n1. The Balaban J connectivity index is 1.75. The minimum absolute atomic E-state index is 0.0679. The lowest BCUT2D eigenvalue weighted by Gasteiger charge is -2.05. The zero-order valence-corrected chi connectivity index (χ0v) is 13.9. The summed E-state index contributed by atoms with van der Waals surface area (Å²) in [5, 5.41) is 13.5. The van der Waals surface area contributed by atoms with Crippen LogP contribution in [0.1, 0.15) is 45.1 Å². The molecule has 3 aromatic heterocycles. The number of hydrogen-bond acceptors (Lipinski definition) is 8. The molecule has 0 atom stereocenters. The van der Waals surface area contributed by atoms with Gasteiger partial charge in [0.2, 0.25) is 0 Å².